The van der Waals surface area contributed by atoms with Crippen LogP contribution in [0.15, 0.2) is 72.9 Å². The third-order valence-corrected chi connectivity index (χ3v) is 6.28. The summed E-state index contributed by atoms with van der Waals surface area (Å²) in [4.78, 5) is 28.4. The Kier molecular flexibility index (Phi) is 7.42. The molecule has 1 atom stereocenters. The Morgan fingerprint density at radius 3 is 2.46 bits per heavy atom. The number of pyridine rings is 1. The van der Waals surface area contributed by atoms with Crippen molar-refractivity contribution in [2.45, 2.75) is 25.7 Å². The summed E-state index contributed by atoms with van der Waals surface area (Å²) < 4.78 is 14.9. The second-order valence-corrected chi connectivity index (χ2v) is 8.82. The molecular formula is C28H24ClFN2O3. The number of nitrogens with one attached hydrogen (secondary N) is 1. The molecule has 178 valence electrons. The van der Waals surface area contributed by atoms with E-state index in [0.717, 1.165) is 16.3 Å². The van der Waals surface area contributed by atoms with E-state index in [1.54, 1.807) is 37.4 Å². The number of rotatable bonds is 8. The van der Waals surface area contributed by atoms with Crippen LogP contribution in [0.1, 0.15) is 45.6 Å². The number of carbonyl (C=O) groups excluding carboxylic acids is 1. The molecule has 1 amide bonds. The van der Waals surface area contributed by atoms with Crippen molar-refractivity contribution in [3.8, 4) is 0 Å². The summed E-state index contributed by atoms with van der Waals surface area (Å²) in [7, 11) is 0. The van der Waals surface area contributed by atoms with Gasteiger partial charge in [-0.3, -0.25) is 14.6 Å². The van der Waals surface area contributed by atoms with E-state index < -0.39 is 17.7 Å². The number of nitrogens with zero attached hydrogens (tertiary/aromatic N) is 1. The van der Waals surface area contributed by atoms with Crippen molar-refractivity contribution in [2.75, 3.05) is 6.54 Å². The Morgan fingerprint density at radius 1 is 1.06 bits per heavy atom. The summed E-state index contributed by atoms with van der Waals surface area (Å²) in [5.41, 5.74) is 2.94. The van der Waals surface area contributed by atoms with Crippen LogP contribution in [0.3, 0.4) is 0 Å². The minimum atomic E-state index is -0.933. The Hall–Kier alpha value is -3.77. The predicted molar refractivity (Wildman–Crippen MR) is 134 cm³/mol. The van der Waals surface area contributed by atoms with Gasteiger partial charge in [0.15, 0.2) is 0 Å². The van der Waals surface area contributed by atoms with Crippen LogP contribution >= 0.6 is 11.6 Å². The minimum Gasteiger partial charge on any atom is -0.481 e. The van der Waals surface area contributed by atoms with Crippen LogP contribution in [-0.2, 0) is 17.6 Å². The highest BCUT2D eigenvalue weighted by molar-refractivity contribution is 6.30. The largest absolute Gasteiger partial charge is 0.481 e. The summed E-state index contributed by atoms with van der Waals surface area (Å²) in [6.07, 6.45) is 2.40. The maximum absolute atomic E-state index is 14.9. The molecule has 0 fully saturated rings. The third-order valence-electron chi connectivity index (χ3n) is 6.03. The number of aliphatic carboxylic acids is 1. The number of carbonyl (C=O) groups is 2. The van der Waals surface area contributed by atoms with Gasteiger partial charge in [-0.05, 0) is 59.7 Å². The normalized spacial score (nSPS) is 11.9. The van der Waals surface area contributed by atoms with E-state index in [2.05, 4.69) is 10.3 Å². The molecule has 0 saturated heterocycles. The molecule has 0 aliphatic rings. The van der Waals surface area contributed by atoms with Crippen LogP contribution in [0.25, 0.3) is 10.8 Å². The van der Waals surface area contributed by atoms with E-state index in [-0.39, 0.29) is 17.9 Å². The van der Waals surface area contributed by atoms with Crippen LogP contribution in [-0.4, -0.2) is 28.5 Å². The smallest absolute Gasteiger partial charge is 0.310 e. The number of amides is 1. The monoisotopic (exact) mass is 490 g/mol. The van der Waals surface area contributed by atoms with Crippen molar-refractivity contribution in [1.29, 1.82) is 0 Å². The molecule has 3 aromatic carbocycles. The predicted octanol–water partition coefficient (Wildman–Crippen LogP) is 5.78. The van der Waals surface area contributed by atoms with Crippen LogP contribution in [0.5, 0.6) is 0 Å². The second kappa shape index (κ2) is 10.7. The Bertz CT molecular complexity index is 1390. The van der Waals surface area contributed by atoms with Gasteiger partial charge in [0.2, 0.25) is 0 Å². The van der Waals surface area contributed by atoms with Crippen LogP contribution in [0.4, 0.5) is 4.39 Å². The molecule has 4 rings (SSSR count). The Balaban J connectivity index is 1.48. The molecule has 1 heterocycles. The fraction of sp³-hybridized carbons (Fsp3) is 0.179. The molecule has 0 aliphatic heterocycles. The first-order valence-corrected chi connectivity index (χ1v) is 11.6. The van der Waals surface area contributed by atoms with E-state index in [1.807, 2.05) is 36.4 Å². The van der Waals surface area contributed by atoms with Crippen molar-refractivity contribution >= 4 is 34.2 Å². The minimum absolute atomic E-state index is 0.215. The van der Waals surface area contributed by atoms with Gasteiger partial charge in [-0.1, -0.05) is 54.1 Å². The van der Waals surface area contributed by atoms with E-state index >= 15 is 0 Å². The topological polar surface area (TPSA) is 79.3 Å². The van der Waals surface area contributed by atoms with Gasteiger partial charge in [0.1, 0.15) is 5.82 Å². The Labute approximate surface area is 207 Å². The van der Waals surface area contributed by atoms with E-state index in [0.29, 0.717) is 34.8 Å². The highest BCUT2D eigenvalue weighted by atomic mass is 35.5. The molecule has 5 nitrogen and oxygen atoms in total. The summed E-state index contributed by atoms with van der Waals surface area (Å²) >= 11 is 5.88. The molecule has 0 bridgehead atoms. The second-order valence-electron chi connectivity index (χ2n) is 8.38. The number of hydrogen-bond acceptors (Lipinski definition) is 3. The summed E-state index contributed by atoms with van der Waals surface area (Å²) in [5, 5.41) is 14.4. The standard InChI is InChI=1S/C28H24ClFN2O3/c1-17(28(34)35)24-16-32-26(23-5-3-2-4-22(23)24)15-19-8-9-20(14-25(19)30)27(33)31-13-12-18-6-10-21(29)11-7-18/h2-11,14,16-17H,12-13,15H2,1H3,(H,31,33)(H,34,35). The zero-order valence-corrected chi connectivity index (χ0v) is 19.8. The number of carboxylic acid groups (broad SMARTS) is 1. The maximum Gasteiger partial charge on any atom is 0.310 e. The highest BCUT2D eigenvalue weighted by Crippen LogP contribution is 2.28. The zero-order chi connectivity index (χ0) is 24.9. The maximum atomic E-state index is 14.9. The van der Waals surface area contributed by atoms with Gasteiger partial charge >= 0.3 is 5.97 Å². The molecule has 0 spiro atoms. The first kappa shape index (κ1) is 24.4. The quantitative estimate of drug-likeness (QED) is 0.328. The van der Waals surface area contributed by atoms with Crippen molar-refractivity contribution in [2.24, 2.45) is 0 Å². The number of aromatic nitrogens is 1. The average molecular weight is 491 g/mol. The molecule has 2 N–H and O–H groups in total. The highest BCUT2D eigenvalue weighted by Gasteiger charge is 2.19. The third kappa shape index (κ3) is 5.66. The van der Waals surface area contributed by atoms with Crippen molar-refractivity contribution < 1.29 is 19.1 Å². The summed E-state index contributed by atoms with van der Waals surface area (Å²) in [6, 6.07) is 19.2. The molecule has 4 aromatic rings. The molecule has 0 saturated carbocycles. The average Bonchev–Trinajstić information content (AvgIpc) is 2.86. The van der Waals surface area contributed by atoms with E-state index in [1.165, 1.54) is 6.07 Å². The Morgan fingerprint density at radius 2 is 1.77 bits per heavy atom. The van der Waals surface area contributed by atoms with Crippen molar-refractivity contribution in [3.63, 3.8) is 0 Å². The first-order valence-electron chi connectivity index (χ1n) is 11.2. The zero-order valence-electron chi connectivity index (χ0n) is 19.1. The molecule has 0 aliphatic carbocycles. The first-order chi connectivity index (χ1) is 16.8. The molecular weight excluding hydrogens is 467 g/mol. The number of hydrogen-bond donors (Lipinski definition) is 2. The lowest BCUT2D eigenvalue weighted by Crippen LogP contribution is -2.25. The van der Waals surface area contributed by atoms with Crippen LogP contribution < -0.4 is 5.32 Å². The fourth-order valence-electron chi connectivity index (χ4n) is 3.98. The molecule has 1 unspecified atom stereocenters. The van der Waals surface area contributed by atoms with Crippen LogP contribution in [0.2, 0.25) is 5.02 Å². The SMILES string of the molecule is CC(C(=O)O)c1cnc(Cc2ccc(C(=O)NCCc3ccc(Cl)cc3)cc2F)c2ccccc12. The number of benzene rings is 3. The van der Waals surface area contributed by atoms with E-state index in [4.69, 9.17) is 11.6 Å². The van der Waals surface area contributed by atoms with Gasteiger partial charge < -0.3 is 10.4 Å². The van der Waals surface area contributed by atoms with E-state index in [9.17, 15) is 19.1 Å². The van der Waals surface area contributed by atoms with Crippen LogP contribution in [0, 0.1) is 5.82 Å². The lowest BCUT2D eigenvalue weighted by molar-refractivity contribution is -0.138. The molecule has 35 heavy (non-hydrogen) atoms. The number of fused-ring (bicyclic) bond motifs is 1. The lowest BCUT2D eigenvalue weighted by atomic mass is 9.94. The van der Waals surface area contributed by atoms with Crippen molar-refractivity contribution in [1.82, 2.24) is 10.3 Å². The fourth-order valence-corrected chi connectivity index (χ4v) is 4.10. The molecule has 1 aromatic heterocycles. The summed E-state index contributed by atoms with van der Waals surface area (Å²) in [6.45, 7) is 2.03. The summed E-state index contributed by atoms with van der Waals surface area (Å²) in [5.74, 6) is -2.49. The lowest BCUT2D eigenvalue weighted by Gasteiger charge is -2.14. The van der Waals surface area contributed by atoms with Gasteiger partial charge in [-0.2, -0.15) is 0 Å². The van der Waals surface area contributed by atoms with Gasteiger partial charge in [-0.25, -0.2) is 4.39 Å². The molecule has 0 radical (unpaired) electrons. The van der Waals surface area contributed by atoms with Gasteiger partial charge in [-0.15, -0.1) is 0 Å². The number of carboxylic acids is 1. The van der Waals surface area contributed by atoms with Crippen molar-refractivity contribution in [3.05, 3.63) is 112 Å². The number of halogens is 2. The molecule has 7 heteroatoms. The van der Waals surface area contributed by atoms with Gasteiger partial charge in [0.05, 0.1) is 11.6 Å². The van der Waals surface area contributed by atoms with Gasteiger partial charge in [0.25, 0.3) is 5.91 Å². The van der Waals surface area contributed by atoms with Gasteiger partial charge in [0, 0.05) is 35.1 Å².